The summed E-state index contributed by atoms with van der Waals surface area (Å²) in [6, 6.07) is 9.42. The molecule has 0 bridgehead atoms. The fourth-order valence-electron chi connectivity index (χ4n) is 2.92. The van der Waals surface area contributed by atoms with Gasteiger partial charge in [-0.3, -0.25) is 39.5 Å². The molecule has 2 aromatic carbocycles. The highest BCUT2D eigenvalue weighted by Gasteiger charge is 2.36. The molecule has 1 heterocycles. The summed E-state index contributed by atoms with van der Waals surface area (Å²) in [6.07, 6.45) is 0. The normalized spacial score (nSPS) is 12.5. The molecule has 1 aliphatic rings. The Hall–Kier alpha value is -4.35. The molecule has 0 unspecified atom stereocenters. The molecule has 30 heavy (non-hydrogen) atoms. The predicted molar refractivity (Wildman–Crippen MR) is 103 cm³/mol. The van der Waals surface area contributed by atoms with Gasteiger partial charge in [-0.05, 0) is 18.2 Å². The van der Waals surface area contributed by atoms with Crippen LogP contribution in [0, 0.1) is 20.2 Å². The van der Waals surface area contributed by atoms with Crippen molar-refractivity contribution in [3.8, 4) is 0 Å². The van der Waals surface area contributed by atoms with Crippen LogP contribution in [-0.2, 0) is 4.79 Å². The first kappa shape index (κ1) is 20.4. The van der Waals surface area contributed by atoms with E-state index in [1.54, 1.807) is 12.1 Å². The molecule has 12 nitrogen and oxygen atoms in total. The molecular weight excluding hydrogens is 398 g/mol. The Labute approximate surface area is 168 Å². The summed E-state index contributed by atoms with van der Waals surface area (Å²) in [5.74, 6) is -1.68. The van der Waals surface area contributed by atoms with Crippen LogP contribution in [0.1, 0.15) is 20.7 Å². The van der Waals surface area contributed by atoms with Crippen molar-refractivity contribution in [3.63, 3.8) is 0 Å². The molecule has 1 aliphatic heterocycles. The maximum Gasteiger partial charge on any atom is 0.299 e. The van der Waals surface area contributed by atoms with Crippen molar-refractivity contribution in [2.75, 3.05) is 25.0 Å². The van der Waals surface area contributed by atoms with Crippen LogP contribution >= 0.6 is 0 Å². The van der Waals surface area contributed by atoms with E-state index in [-0.39, 0.29) is 29.9 Å². The average Bonchev–Trinajstić information content (AvgIpc) is 2.96. The Morgan fingerprint density at radius 1 is 0.933 bits per heavy atom. The van der Waals surface area contributed by atoms with Gasteiger partial charge in [-0.2, -0.15) is 0 Å². The van der Waals surface area contributed by atoms with Crippen molar-refractivity contribution in [1.82, 2.24) is 10.2 Å². The minimum atomic E-state index is -0.754. The van der Waals surface area contributed by atoms with Crippen molar-refractivity contribution in [2.45, 2.75) is 0 Å². The van der Waals surface area contributed by atoms with Gasteiger partial charge in [-0.15, -0.1) is 0 Å². The number of hydrogen-bond donors (Lipinski definition) is 2. The minimum absolute atomic E-state index is 0.0378. The third-order valence-corrected chi connectivity index (χ3v) is 4.33. The molecule has 12 heteroatoms. The quantitative estimate of drug-likeness (QED) is 0.283. The zero-order valence-electron chi connectivity index (χ0n) is 15.4. The summed E-state index contributed by atoms with van der Waals surface area (Å²) in [6.45, 7) is -0.341. The summed E-state index contributed by atoms with van der Waals surface area (Å²) in [5.41, 5.74) is -0.354. The van der Waals surface area contributed by atoms with Gasteiger partial charge in [-0.25, -0.2) is 0 Å². The molecule has 0 saturated heterocycles. The molecule has 154 valence electrons. The maximum absolute atomic E-state index is 12.2. The first-order chi connectivity index (χ1) is 14.3. The molecule has 0 saturated carbocycles. The zero-order valence-corrected chi connectivity index (χ0v) is 15.4. The molecule has 3 amide bonds. The number of nitro benzene ring substituents is 2. The van der Waals surface area contributed by atoms with E-state index in [1.165, 1.54) is 18.2 Å². The Kier molecular flexibility index (Phi) is 5.67. The molecule has 2 aromatic rings. The third kappa shape index (κ3) is 4.06. The zero-order chi connectivity index (χ0) is 21.8. The lowest BCUT2D eigenvalue weighted by Crippen LogP contribution is -2.41. The van der Waals surface area contributed by atoms with Crippen molar-refractivity contribution in [1.29, 1.82) is 0 Å². The summed E-state index contributed by atoms with van der Waals surface area (Å²) < 4.78 is 0. The first-order valence-electron chi connectivity index (χ1n) is 8.68. The van der Waals surface area contributed by atoms with Crippen LogP contribution in [0.2, 0.25) is 0 Å². The van der Waals surface area contributed by atoms with Gasteiger partial charge in [-0.1, -0.05) is 12.1 Å². The van der Waals surface area contributed by atoms with Crippen LogP contribution in [0.25, 0.3) is 0 Å². The smallest absolute Gasteiger partial charge is 0.299 e. The van der Waals surface area contributed by atoms with Gasteiger partial charge in [0.1, 0.15) is 12.2 Å². The SMILES string of the molecule is O=C(CN1C(=O)c2ccccc2C1=O)NCCNc1ccc([N+](=O)[O-])cc1[N+](=O)[O-]. The number of nitrogens with one attached hydrogen (secondary N) is 2. The third-order valence-electron chi connectivity index (χ3n) is 4.33. The standard InChI is InChI=1S/C18H15N5O7/c24-16(10-21-17(25)12-3-1-2-4-13(12)18(21)26)20-8-7-19-14-6-5-11(22(27)28)9-15(14)23(29)30/h1-6,9,19H,7-8,10H2,(H,20,24). The van der Waals surface area contributed by atoms with E-state index in [1.807, 2.05) is 0 Å². The van der Waals surface area contributed by atoms with E-state index < -0.39 is 45.5 Å². The number of nitrogens with zero attached hydrogens (tertiary/aromatic N) is 3. The first-order valence-corrected chi connectivity index (χ1v) is 8.68. The second-order valence-electron chi connectivity index (χ2n) is 6.23. The molecule has 0 atom stereocenters. The van der Waals surface area contributed by atoms with Gasteiger partial charge in [0, 0.05) is 19.2 Å². The number of non-ortho nitro benzene ring substituents is 1. The topological polar surface area (TPSA) is 165 Å². The van der Waals surface area contributed by atoms with Crippen molar-refractivity contribution < 1.29 is 24.2 Å². The number of amides is 3. The van der Waals surface area contributed by atoms with Crippen LogP contribution in [0.15, 0.2) is 42.5 Å². The van der Waals surface area contributed by atoms with Gasteiger partial charge in [0.25, 0.3) is 23.2 Å². The lowest BCUT2D eigenvalue weighted by molar-refractivity contribution is -0.393. The van der Waals surface area contributed by atoms with Gasteiger partial charge < -0.3 is 10.6 Å². The number of anilines is 1. The van der Waals surface area contributed by atoms with E-state index in [0.29, 0.717) is 0 Å². The Morgan fingerprint density at radius 2 is 1.57 bits per heavy atom. The summed E-state index contributed by atoms with van der Waals surface area (Å²) in [4.78, 5) is 57.7. The molecule has 0 aliphatic carbocycles. The number of nitro groups is 2. The Bertz CT molecular complexity index is 1030. The number of rotatable bonds is 8. The lowest BCUT2D eigenvalue weighted by atomic mass is 10.1. The average molecular weight is 413 g/mol. The molecule has 0 spiro atoms. The molecular formula is C18H15N5O7. The number of imide groups is 1. The fraction of sp³-hybridized carbons (Fsp3) is 0.167. The van der Waals surface area contributed by atoms with Gasteiger partial charge in [0.15, 0.2) is 0 Å². The van der Waals surface area contributed by atoms with Crippen LogP contribution < -0.4 is 10.6 Å². The summed E-state index contributed by atoms with van der Waals surface area (Å²) in [7, 11) is 0. The monoisotopic (exact) mass is 413 g/mol. The van der Waals surface area contributed by atoms with Crippen LogP contribution in [0.3, 0.4) is 0 Å². The van der Waals surface area contributed by atoms with Gasteiger partial charge >= 0.3 is 0 Å². The van der Waals surface area contributed by atoms with E-state index in [9.17, 15) is 34.6 Å². The van der Waals surface area contributed by atoms with E-state index in [0.717, 1.165) is 17.0 Å². The second-order valence-corrected chi connectivity index (χ2v) is 6.23. The van der Waals surface area contributed by atoms with Crippen LogP contribution in [0.4, 0.5) is 17.1 Å². The van der Waals surface area contributed by atoms with Crippen LogP contribution in [0.5, 0.6) is 0 Å². The largest absolute Gasteiger partial charge is 0.378 e. The molecule has 0 aromatic heterocycles. The molecule has 0 fully saturated rings. The second kappa shape index (κ2) is 8.34. The van der Waals surface area contributed by atoms with Gasteiger partial charge in [0.2, 0.25) is 5.91 Å². The number of fused-ring (bicyclic) bond motifs is 1. The highest BCUT2D eigenvalue weighted by molar-refractivity contribution is 6.22. The number of carbonyl (C=O) groups is 3. The molecule has 0 radical (unpaired) electrons. The lowest BCUT2D eigenvalue weighted by Gasteiger charge is -2.14. The van der Waals surface area contributed by atoms with E-state index >= 15 is 0 Å². The predicted octanol–water partition coefficient (Wildman–Crippen LogP) is 1.33. The van der Waals surface area contributed by atoms with Crippen LogP contribution in [-0.4, -0.2) is 52.1 Å². The Balaban J connectivity index is 1.53. The van der Waals surface area contributed by atoms with E-state index in [2.05, 4.69) is 10.6 Å². The maximum atomic E-state index is 12.2. The van der Waals surface area contributed by atoms with Crippen molar-refractivity contribution in [3.05, 3.63) is 73.8 Å². The van der Waals surface area contributed by atoms with Crippen molar-refractivity contribution >= 4 is 34.8 Å². The van der Waals surface area contributed by atoms with E-state index in [4.69, 9.17) is 0 Å². The molecule has 3 rings (SSSR count). The van der Waals surface area contributed by atoms with Crippen molar-refractivity contribution in [2.24, 2.45) is 0 Å². The highest BCUT2D eigenvalue weighted by atomic mass is 16.6. The summed E-state index contributed by atoms with van der Waals surface area (Å²) in [5, 5.41) is 27.1. The number of benzene rings is 2. The highest BCUT2D eigenvalue weighted by Crippen LogP contribution is 2.28. The Morgan fingerprint density at radius 3 is 2.13 bits per heavy atom. The number of hydrogen-bond acceptors (Lipinski definition) is 8. The number of carbonyl (C=O) groups excluding carboxylic acids is 3. The fourth-order valence-corrected chi connectivity index (χ4v) is 2.92. The summed E-state index contributed by atoms with van der Waals surface area (Å²) >= 11 is 0. The minimum Gasteiger partial charge on any atom is -0.378 e. The molecule has 2 N–H and O–H groups in total. The van der Waals surface area contributed by atoms with Gasteiger partial charge in [0.05, 0.1) is 27.0 Å².